The summed E-state index contributed by atoms with van der Waals surface area (Å²) in [6, 6.07) is 17.8. The SMILES string of the molecule is COc1cc(OCc2cccc3ccccc23)cc(Br)c1/C=N/NC(=O)c1c(C)nnn1-c1nonc1N. The molecular weight excluding hydrogens is 556 g/mol. The smallest absolute Gasteiger partial charge is 0.292 e. The summed E-state index contributed by atoms with van der Waals surface area (Å²) in [5.41, 5.74) is 10.3. The summed E-state index contributed by atoms with van der Waals surface area (Å²) < 4.78 is 18.0. The summed E-state index contributed by atoms with van der Waals surface area (Å²) in [5.74, 6) is 0.519. The maximum Gasteiger partial charge on any atom is 0.292 e. The van der Waals surface area contributed by atoms with Gasteiger partial charge in [0.1, 0.15) is 18.1 Å². The van der Waals surface area contributed by atoms with Crippen LogP contribution in [-0.4, -0.2) is 44.5 Å². The van der Waals surface area contributed by atoms with Crippen molar-refractivity contribution in [2.75, 3.05) is 12.8 Å². The molecule has 3 aromatic carbocycles. The third-order valence-electron chi connectivity index (χ3n) is 5.67. The molecule has 13 heteroatoms. The molecule has 192 valence electrons. The van der Waals surface area contributed by atoms with Crippen LogP contribution in [0.4, 0.5) is 5.82 Å². The number of nitrogens with one attached hydrogen (secondary N) is 1. The monoisotopic (exact) mass is 576 g/mol. The highest BCUT2D eigenvalue weighted by molar-refractivity contribution is 9.10. The molecular formula is C25H21BrN8O4. The second kappa shape index (κ2) is 10.7. The summed E-state index contributed by atoms with van der Waals surface area (Å²) in [5, 5.41) is 21.3. The van der Waals surface area contributed by atoms with Gasteiger partial charge in [0, 0.05) is 10.5 Å². The number of nitrogens with two attached hydrogens (primary N) is 1. The lowest BCUT2D eigenvalue weighted by molar-refractivity contribution is 0.0946. The van der Waals surface area contributed by atoms with Crippen molar-refractivity contribution >= 4 is 44.6 Å². The van der Waals surface area contributed by atoms with E-state index >= 15 is 0 Å². The number of carbonyl (C=O) groups excluding carboxylic acids is 1. The van der Waals surface area contributed by atoms with E-state index in [9.17, 15) is 4.79 Å². The Labute approximate surface area is 224 Å². The molecule has 3 N–H and O–H groups in total. The Morgan fingerprint density at radius 2 is 2.03 bits per heavy atom. The first-order valence-electron chi connectivity index (χ1n) is 11.3. The average Bonchev–Trinajstić information content (AvgIpc) is 3.52. The van der Waals surface area contributed by atoms with E-state index in [4.69, 9.17) is 15.2 Å². The molecule has 0 fully saturated rings. The lowest BCUT2D eigenvalue weighted by atomic mass is 10.1. The first kappa shape index (κ1) is 24.9. The fourth-order valence-electron chi connectivity index (χ4n) is 3.84. The molecule has 0 saturated carbocycles. The molecule has 2 heterocycles. The van der Waals surface area contributed by atoms with Crippen molar-refractivity contribution in [2.24, 2.45) is 5.10 Å². The van der Waals surface area contributed by atoms with Crippen LogP contribution in [0.2, 0.25) is 0 Å². The lowest BCUT2D eigenvalue weighted by Gasteiger charge is -2.13. The van der Waals surface area contributed by atoms with Crippen LogP contribution in [-0.2, 0) is 6.61 Å². The van der Waals surface area contributed by atoms with Crippen LogP contribution in [0.15, 0.2) is 68.8 Å². The average molecular weight is 577 g/mol. The number of methoxy groups -OCH3 is 1. The van der Waals surface area contributed by atoms with Gasteiger partial charge in [-0.05, 0) is 55.6 Å². The molecule has 5 rings (SSSR count). The van der Waals surface area contributed by atoms with Crippen molar-refractivity contribution in [3.05, 3.63) is 81.6 Å². The minimum atomic E-state index is -0.587. The summed E-state index contributed by atoms with van der Waals surface area (Å²) >= 11 is 3.54. The number of carbonyl (C=O) groups is 1. The molecule has 0 radical (unpaired) electrons. The molecule has 38 heavy (non-hydrogen) atoms. The Balaban J connectivity index is 1.32. The van der Waals surface area contributed by atoms with Crippen molar-refractivity contribution < 1.29 is 18.9 Å². The van der Waals surface area contributed by atoms with Crippen LogP contribution in [0.1, 0.15) is 27.3 Å². The van der Waals surface area contributed by atoms with Crippen LogP contribution >= 0.6 is 15.9 Å². The number of ether oxygens (including phenoxy) is 2. The molecule has 0 bridgehead atoms. The Morgan fingerprint density at radius 3 is 2.82 bits per heavy atom. The van der Waals surface area contributed by atoms with Crippen molar-refractivity contribution in [3.8, 4) is 17.3 Å². The highest BCUT2D eigenvalue weighted by Gasteiger charge is 2.23. The molecule has 0 saturated heterocycles. The number of amides is 1. The first-order chi connectivity index (χ1) is 18.5. The number of aromatic nitrogens is 5. The third-order valence-corrected chi connectivity index (χ3v) is 6.33. The highest BCUT2D eigenvalue weighted by atomic mass is 79.9. The van der Waals surface area contributed by atoms with Gasteiger partial charge >= 0.3 is 0 Å². The molecule has 12 nitrogen and oxygen atoms in total. The summed E-state index contributed by atoms with van der Waals surface area (Å²) in [4.78, 5) is 12.8. The second-order valence-corrected chi connectivity index (χ2v) is 8.91. The molecule has 2 aromatic heterocycles. The quantitative estimate of drug-likeness (QED) is 0.207. The molecule has 0 aliphatic heterocycles. The molecule has 0 atom stereocenters. The van der Waals surface area contributed by atoms with E-state index in [1.807, 2.05) is 24.3 Å². The van der Waals surface area contributed by atoms with E-state index in [1.165, 1.54) is 13.3 Å². The van der Waals surface area contributed by atoms with Crippen molar-refractivity contribution in [3.63, 3.8) is 0 Å². The molecule has 5 aromatic rings. The minimum absolute atomic E-state index is 0.0381. The van der Waals surface area contributed by atoms with Gasteiger partial charge in [-0.25, -0.2) is 10.1 Å². The van der Waals surface area contributed by atoms with Gasteiger partial charge in [-0.2, -0.15) is 9.78 Å². The zero-order valence-electron chi connectivity index (χ0n) is 20.3. The standard InChI is InChI=1S/C25H21BrN8O4/c1-14-22(34(33-29-14)24-23(27)31-38-32-24)25(35)30-28-12-19-20(26)10-17(11-21(19)36-2)37-13-16-8-5-7-15-6-3-4-9-18(15)16/h3-12H,13H2,1-2H3,(H2,27,31)(H,30,35)/b28-12+. The summed E-state index contributed by atoms with van der Waals surface area (Å²) in [6.07, 6.45) is 1.45. The van der Waals surface area contributed by atoms with Crippen LogP contribution < -0.4 is 20.6 Å². The van der Waals surface area contributed by atoms with Crippen molar-refractivity contribution in [1.82, 2.24) is 30.7 Å². The van der Waals surface area contributed by atoms with Gasteiger partial charge in [0.05, 0.1) is 24.6 Å². The Morgan fingerprint density at radius 1 is 1.21 bits per heavy atom. The normalized spacial score (nSPS) is 11.2. The number of nitrogen functional groups attached to an aromatic ring is 1. The zero-order chi connectivity index (χ0) is 26.6. The van der Waals surface area contributed by atoms with Gasteiger partial charge in [0.25, 0.3) is 5.91 Å². The number of fused-ring (bicyclic) bond motifs is 1. The van der Waals surface area contributed by atoms with E-state index in [-0.39, 0.29) is 17.3 Å². The fourth-order valence-corrected chi connectivity index (χ4v) is 4.36. The first-order valence-corrected chi connectivity index (χ1v) is 12.1. The van der Waals surface area contributed by atoms with E-state index in [2.05, 4.69) is 69.9 Å². The Hall–Kier alpha value is -4.78. The van der Waals surface area contributed by atoms with Gasteiger partial charge < -0.3 is 15.2 Å². The van der Waals surface area contributed by atoms with Crippen LogP contribution in [0, 0.1) is 6.92 Å². The number of nitrogens with zero attached hydrogens (tertiary/aromatic N) is 6. The van der Waals surface area contributed by atoms with E-state index in [0.717, 1.165) is 21.0 Å². The largest absolute Gasteiger partial charge is 0.496 e. The topological polar surface area (TPSA) is 156 Å². The highest BCUT2D eigenvalue weighted by Crippen LogP contribution is 2.32. The second-order valence-electron chi connectivity index (χ2n) is 8.06. The van der Waals surface area contributed by atoms with Gasteiger partial charge in [0.2, 0.25) is 11.6 Å². The predicted molar refractivity (Wildman–Crippen MR) is 142 cm³/mol. The third kappa shape index (κ3) is 4.91. The van der Waals surface area contributed by atoms with Gasteiger partial charge in [-0.3, -0.25) is 4.79 Å². The van der Waals surface area contributed by atoms with Crippen LogP contribution in [0.3, 0.4) is 0 Å². The molecule has 0 aliphatic rings. The number of benzene rings is 3. The summed E-state index contributed by atoms with van der Waals surface area (Å²) in [6.45, 7) is 2.00. The van der Waals surface area contributed by atoms with Gasteiger partial charge in [-0.15, -0.1) is 5.10 Å². The lowest BCUT2D eigenvalue weighted by Crippen LogP contribution is -2.23. The molecule has 0 spiro atoms. The number of hydrogen-bond donors (Lipinski definition) is 2. The van der Waals surface area contributed by atoms with E-state index in [0.29, 0.717) is 33.8 Å². The molecule has 0 aliphatic carbocycles. The molecule has 1 amide bonds. The number of hydrogen-bond acceptors (Lipinski definition) is 10. The number of anilines is 1. The maximum absolute atomic E-state index is 12.8. The number of rotatable bonds is 8. The number of halogens is 1. The van der Waals surface area contributed by atoms with Gasteiger partial charge in [-0.1, -0.05) is 47.7 Å². The Kier molecular flexibility index (Phi) is 7.00. The molecule has 0 unspecified atom stereocenters. The van der Waals surface area contributed by atoms with Crippen molar-refractivity contribution in [1.29, 1.82) is 0 Å². The van der Waals surface area contributed by atoms with Crippen LogP contribution in [0.25, 0.3) is 16.6 Å². The predicted octanol–water partition coefficient (Wildman–Crippen LogP) is 3.81. The Bertz CT molecular complexity index is 1660. The number of hydrazone groups is 1. The maximum atomic E-state index is 12.8. The minimum Gasteiger partial charge on any atom is -0.496 e. The van der Waals surface area contributed by atoms with Crippen LogP contribution in [0.5, 0.6) is 11.5 Å². The van der Waals surface area contributed by atoms with Gasteiger partial charge in [0.15, 0.2) is 5.69 Å². The van der Waals surface area contributed by atoms with E-state index in [1.54, 1.807) is 19.1 Å². The zero-order valence-corrected chi connectivity index (χ0v) is 21.8. The van der Waals surface area contributed by atoms with Crippen molar-refractivity contribution in [2.45, 2.75) is 13.5 Å². The fraction of sp³-hybridized carbons (Fsp3) is 0.120. The summed E-state index contributed by atoms with van der Waals surface area (Å²) in [7, 11) is 1.54. The number of aryl methyl sites for hydroxylation is 1. The van der Waals surface area contributed by atoms with E-state index < -0.39 is 5.91 Å².